The molecule has 3 amide bonds. The van der Waals surface area contributed by atoms with Gasteiger partial charge in [-0.1, -0.05) is 18.2 Å². The maximum Gasteiger partial charge on any atom is 0.305 e. The number of hydrogen-bond acceptors (Lipinski definition) is 6. The molecule has 0 aliphatic rings. The summed E-state index contributed by atoms with van der Waals surface area (Å²) in [6.45, 7) is 3.64. The number of rotatable bonds is 9. The van der Waals surface area contributed by atoms with E-state index in [1.807, 2.05) is 32.0 Å². The van der Waals surface area contributed by atoms with Crippen LogP contribution in [-0.4, -0.2) is 30.4 Å². The summed E-state index contributed by atoms with van der Waals surface area (Å²) in [7, 11) is 0. The minimum absolute atomic E-state index is 0.00898. The zero-order chi connectivity index (χ0) is 23.6. The van der Waals surface area contributed by atoms with Crippen LogP contribution in [0.4, 0.5) is 0 Å². The van der Waals surface area contributed by atoms with Gasteiger partial charge in [0.15, 0.2) is 5.76 Å². The van der Waals surface area contributed by atoms with Crippen molar-refractivity contribution < 1.29 is 28.3 Å². The second-order valence-corrected chi connectivity index (χ2v) is 7.24. The van der Waals surface area contributed by atoms with Crippen molar-refractivity contribution in [3.63, 3.8) is 0 Å². The van der Waals surface area contributed by atoms with Crippen molar-refractivity contribution >= 4 is 17.7 Å². The third-order valence-electron chi connectivity index (χ3n) is 4.22. The van der Waals surface area contributed by atoms with Gasteiger partial charge >= 0.3 is 5.91 Å². The van der Waals surface area contributed by atoms with Crippen LogP contribution in [0.15, 0.2) is 71.1 Å². The summed E-state index contributed by atoms with van der Waals surface area (Å²) in [5, 5.41) is 2.48. The highest BCUT2D eigenvalue weighted by Crippen LogP contribution is 2.14. The lowest BCUT2D eigenvalue weighted by atomic mass is 10.2. The second-order valence-electron chi connectivity index (χ2n) is 7.24. The molecule has 2 aromatic carbocycles. The molecular formula is C24H25N3O6. The molecule has 3 rings (SSSR count). The monoisotopic (exact) mass is 451 g/mol. The summed E-state index contributed by atoms with van der Waals surface area (Å²) >= 11 is 0. The molecule has 0 saturated carbocycles. The minimum atomic E-state index is -0.638. The van der Waals surface area contributed by atoms with E-state index in [4.69, 9.17) is 13.9 Å². The Morgan fingerprint density at radius 2 is 1.58 bits per heavy atom. The van der Waals surface area contributed by atoms with Crippen molar-refractivity contribution in [2.24, 2.45) is 0 Å². The third-order valence-corrected chi connectivity index (χ3v) is 4.22. The van der Waals surface area contributed by atoms with E-state index >= 15 is 0 Å². The van der Waals surface area contributed by atoms with Crippen molar-refractivity contribution in [1.29, 1.82) is 0 Å². The van der Waals surface area contributed by atoms with Crippen LogP contribution in [0.25, 0.3) is 0 Å². The number of carbonyl (C=O) groups excluding carboxylic acids is 3. The highest BCUT2D eigenvalue weighted by atomic mass is 16.5. The Balaban J connectivity index is 1.39. The van der Waals surface area contributed by atoms with Crippen LogP contribution >= 0.6 is 0 Å². The molecule has 3 aromatic rings. The van der Waals surface area contributed by atoms with Gasteiger partial charge in [0.1, 0.15) is 23.9 Å². The highest BCUT2D eigenvalue weighted by molar-refractivity contribution is 5.97. The third kappa shape index (κ3) is 7.42. The first-order chi connectivity index (χ1) is 15.9. The zero-order valence-electron chi connectivity index (χ0n) is 18.3. The summed E-state index contributed by atoms with van der Waals surface area (Å²) in [5.74, 6) is 0.115. The first kappa shape index (κ1) is 23.4. The average molecular weight is 451 g/mol. The van der Waals surface area contributed by atoms with Crippen molar-refractivity contribution in [3.8, 4) is 11.5 Å². The Bertz CT molecular complexity index is 1080. The lowest BCUT2D eigenvalue weighted by Gasteiger charge is -2.10. The number of furan rings is 1. The van der Waals surface area contributed by atoms with E-state index in [9.17, 15) is 14.4 Å². The molecule has 9 heteroatoms. The maximum atomic E-state index is 12.2. The number of benzene rings is 2. The van der Waals surface area contributed by atoms with E-state index in [1.54, 1.807) is 42.5 Å². The number of amides is 3. The molecule has 0 fully saturated rings. The van der Waals surface area contributed by atoms with Gasteiger partial charge in [-0.3, -0.25) is 25.2 Å². The van der Waals surface area contributed by atoms with Crippen LogP contribution in [0.2, 0.25) is 0 Å². The SMILES string of the molecule is CC(C)Oc1ccc(C(=O)NCC(=O)NNC(=O)c2ccc(COc3ccccc3)o2)cc1. The molecule has 0 atom stereocenters. The zero-order valence-corrected chi connectivity index (χ0v) is 18.3. The Labute approximate surface area is 191 Å². The number of ether oxygens (including phenoxy) is 2. The van der Waals surface area contributed by atoms with E-state index in [0.717, 1.165) is 0 Å². The van der Waals surface area contributed by atoms with Gasteiger partial charge in [-0.25, -0.2) is 0 Å². The standard InChI is InChI=1S/C24H25N3O6/c1-16(2)32-19-10-8-17(9-11-19)23(29)25-14-22(28)26-27-24(30)21-13-12-20(33-21)15-31-18-6-4-3-5-7-18/h3-13,16H,14-15H2,1-2H3,(H,25,29)(H,26,28)(H,27,30). The fourth-order valence-electron chi connectivity index (χ4n) is 2.70. The molecule has 0 saturated heterocycles. The van der Waals surface area contributed by atoms with Gasteiger partial charge in [-0.05, 0) is 62.4 Å². The predicted molar refractivity (Wildman–Crippen MR) is 120 cm³/mol. The van der Waals surface area contributed by atoms with Crippen molar-refractivity contribution in [1.82, 2.24) is 16.2 Å². The van der Waals surface area contributed by atoms with Gasteiger partial charge in [-0.2, -0.15) is 0 Å². The van der Waals surface area contributed by atoms with E-state index in [-0.39, 0.29) is 25.0 Å². The van der Waals surface area contributed by atoms with E-state index in [0.29, 0.717) is 22.8 Å². The molecule has 0 bridgehead atoms. The van der Waals surface area contributed by atoms with Crippen LogP contribution in [0.1, 0.15) is 40.5 Å². The number of nitrogens with one attached hydrogen (secondary N) is 3. The summed E-state index contributed by atoms with van der Waals surface area (Å²) in [4.78, 5) is 36.3. The summed E-state index contributed by atoms with van der Waals surface area (Å²) in [6.07, 6.45) is 0.0268. The highest BCUT2D eigenvalue weighted by Gasteiger charge is 2.13. The molecule has 0 aliphatic heterocycles. The first-order valence-corrected chi connectivity index (χ1v) is 10.3. The number of hydrogen-bond donors (Lipinski definition) is 3. The van der Waals surface area contributed by atoms with Crippen molar-refractivity contribution in [2.75, 3.05) is 6.54 Å². The molecule has 33 heavy (non-hydrogen) atoms. The van der Waals surface area contributed by atoms with E-state index in [1.165, 1.54) is 6.07 Å². The number of carbonyl (C=O) groups is 3. The van der Waals surface area contributed by atoms with Crippen LogP contribution in [-0.2, 0) is 11.4 Å². The van der Waals surface area contributed by atoms with E-state index in [2.05, 4.69) is 16.2 Å². The Kier molecular flexibility index (Phi) is 8.07. The molecular weight excluding hydrogens is 426 g/mol. The quantitative estimate of drug-likeness (QED) is 0.431. The fourth-order valence-corrected chi connectivity index (χ4v) is 2.70. The Morgan fingerprint density at radius 1 is 0.848 bits per heavy atom. The Morgan fingerprint density at radius 3 is 2.27 bits per heavy atom. The maximum absolute atomic E-state index is 12.2. The lowest BCUT2D eigenvalue weighted by Crippen LogP contribution is -2.46. The molecule has 9 nitrogen and oxygen atoms in total. The van der Waals surface area contributed by atoms with Crippen molar-refractivity contribution in [3.05, 3.63) is 83.8 Å². The topological polar surface area (TPSA) is 119 Å². The first-order valence-electron chi connectivity index (χ1n) is 10.3. The largest absolute Gasteiger partial charge is 0.491 e. The molecule has 3 N–H and O–H groups in total. The molecule has 0 radical (unpaired) electrons. The summed E-state index contributed by atoms with van der Waals surface area (Å²) in [6, 6.07) is 18.8. The molecule has 0 aliphatic carbocycles. The predicted octanol–water partition coefficient (Wildman–Crippen LogP) is 2.84. The normalized spacial score (nSPS) is 10.4. The summed E-state index contributed by atoms with van der Waals surface area (Å²) in [5.41, 5.74) is 4.83. The van der Waals surface area contributed by atoms with Gasteiger partial charge < -0.3 is 19.2 Å². The molecule has 1 heterocycles. The average Bonchev–Trinajstić information content (AvgIpc) is 3.29. The molecule has 1 aromatic heterocycles. The minimum Gasteiger partial charge on any atom is -0.491 e. The van der Waals surface area contributed by atoms with E-state index < -0.39 is 17.7 Å². The molecule has 172 valence electrons. The van der Waals surface area contributed by atoms with Crippen molar-refractivity contribution in [2.45, 2.75) is 26.6 Å². The van der Waals surface area contributed by atoms with Gasteiger partial charge in [0, 0.05) is 5.56 Å². The van der Waals surface area contributed by atoms with Gasteiger partial charge in [0.05, 0.1) is 12.6 Å². The summed E-state index contributed by atoms with van der Waals surface area (Å²) < 4.78 is 16.5. The number of hydrazine groups is 1. The van der Waals surface area contributed by atoms with Gasteiger partial charge in [0.25, 0.3) is 11.8 Å². The Hall–Kier alpha value is -4.27. The molecule has 0 spiro atoms. The smallest absolute Gasteiger partial charge is 0.305 e. The fraction of sp³-hybridized carbons (Fsp3) is 0.208. The number of para-hydroxylation sites is 1. The van der Waals surface area contributed by atoms with Gasteiger partial charge in [0.2, 0.25) is 0 Å². The van der Waals surface area contributed by atoms with Crippen LogP contribution < -0.4 is 25.6 Å². The van der Waals surface area contributed by atoms with Crippen LogP contribution in [0, 0.1) is 0 Å². The molecule has 0 unspecified atom stereocenters. The second kappa shape index (κ2) is 11.4. The van der Waals surface area contributed by atoms with Gasteiger partial charge in [-0.15, -0.1) is 0 Å². The van der Waals surface area contributed by atoms with Crippen LogP contribution in [0.3, 0.4) is 0 Å². The lowest BCUT2D eigenvalue weighted by molar-refractivity contribution is -0.120. The van der Waals surface area contributed by atoms with Crippen LogP contribution in [0.5, 0.6) is 11.5 Å².